The van der Waals surface area contributed by atoms with Gasteiger partial charge in [0.25, 0.3) is 0 Å². The molecule has 6 nitrogen and oxygen atoms in total. The average molecular weight is 538 g/mol. The number of carbonyl (C=O) groups is 1. The molecule has 2 aromatic carbocycles. The molecule has 1 aliphatic heterocycles. The minimum Gasteiger partial charge on any atom is -0.352 e. The highest BCUT2D eigenvalue weighted by Gasteiger charge is 2.41. The van der Waals surface area contributed by atoms with E-state index in [1.165, 1.54) is 16.8 Å². The number of aryl methyl sites for hydroxylation is 3. The van der Waals surface area contributed by atoms with Gasteiger partial charge in [-0.25, -0.2) is 0 Å². The zero-order chi connectivity index (χ0) is 27.5. The van der Waals surface area contributed by atoms with Gasteiger partial charge in [-0.2, -0.15) is 0 Å². The number of thiocarbonyl (C=S) groups is 1. The number of para-hydroxylation sites is 2. The van der Waals surface area contributed by atoms with Crippen molar-refractivity contribution in [2.45, 2.75) is 52.6 Å². The quantitative estimate of drug-likeness (QED) is 0.256. The van der Waals surface area contributed by atoms with Crippen molar-refractivity contribution in [3.8, 4) is 5.69 Å². The van der Waals surface area contributed by atoms with Crippen molar-refractivity contribution in [3.63, 3.8) is 0 Å². The molecule has 0 saturated carbocycles. The minimum absolute atomic E-state index is 0.0240. The highest BCUT2D eigenvalue weighted by Crippen LogP contribution is 2.41. The second kappa shape index (κ2) is 11.4. The first-order valence-corrected chi connectivity index (χ1v) is 13.9. The third-order valence-electron chi connectivity index (χ3n) is 7.60. The molecule has 3 heterocycles. The van der Waals surface area contributed by atoms with Crippen LogP contribution in [0.4, 0.5) is 5.69 Å². The van der Waals surface area contributed by atoms with Crippen LogP contribution in [0, 0.1) is 20.8 Å². The second-order valence-electron chi connectivity index (χ2n) is 10.1. The summed E-state index contributed by atoms with van der Waals surface area (Å²) in [5, 5.41) is 7.26. The van der Waals surface area contributed by atoms with E-state index in [9.17, 15) is 4.79 Å². The van der Waals surface area contributed by atoms with Gasteiger partial charge in [0.2, 0.25) is 5.91 Å². The fraction of sp³-hybridized carbons (Fsp3) is 0.281. The van der Waals surface area contributed by atoms with Crippen molar-refractivity contribution >= 4 is 28.9 Å². The highest BCUT2D eigenvalue weighted by atomic mass is 32.1. The van der Waals surface area contributed by atoms with E-state index in [1.807, 2.05) is 48.7 Å². The summed E-state index contributed by atoms with van der Waals surface area (Å²) in [4.78, 5) is 19.9. The lowest BCUT2D eigenvalue weighted by molar-refractivity contribution is -0.116. The molecule has 0 bridgehead atoms. The second-order valence-corrected chi connectivity index (χ2v) is 10.5. The van der Waals surface area contributed by atoms with E-state index in [0.717, 1.165) is 34.8 Å². The molecule has 4 aromatic rings. The van der Waals surface area contributed by atoms with Crippen LogP contribution in [-0.4, -0.2) is 32.0 Å². The molecule has 1 aliphatic rings. The van der Waals surface area contributed by atoms with Gasteiger partial charge in [0.05, 0.1) is 17.8 Å². The summed E-state index contributed by atoms with van der Waals surface area (Å²) in [6, 6.07) is 24.4. The molecule has 2 unspecified atom stereocenters. The van der Waals surface area contributed by atoms with E-state index >= 15 is 0 Å². The summed E-state index contributed by atoms with van der Waals surface area (Å²) < 4.78 is 2.31. The molecular formula is C32H35N5OS. The maximum absolute atomic E-state index is 13.1. The fourth-order valence-corrected chi connectivity index (χ4v) is 5.97. The summed E-state index contributed by atoms with van der Waals surface area (Å²) in [6.07, 6.45) is 3.00. The zero-order valence-corrected chi connectivity index (χ0v) is 23.8. The van der Waals surface area contributed by atoms with Crippen molar-refractivity contribution in [1.29, 1.82) is 0 Å². The maximum atomic E-state index is 13.1. The Morgan fingerprint density at radius 2 is 1.77 bits per heavy atom. The number of rotatable bonds is 8. The predicted octanol–water partition coefficient (Wildman–Crippen LogP) is 6.36. The topological polar surface area (TPSA) is 62.2 Å². The number of hydrogen-bond donors (Lipinski definition) is 2. The Balaban J connectivity index is 1.47. The molecule has 2 aromatic heterocycles. The number of amides is 1. The van der Waals surface area contributed by atoms with Crippen molar-refractivity contribution in [2.24, 2.45) is 0 Å². The van der Waals surface area contributed by atoms with E-state index in [2.05, 4.69) is 83.1 Å². The Morgan fingerprint density at radius 1 is 1.03 bits per heavy atom. The third-order valence-corrected chi connectivity index (χ3v) is 7.95. The molecule has 200 valence electrons. The number of benzene rings is 2. The Morgan fingerprint density at radius 3 is 2.51 bits per heavy atom. The summed E-state index contributed by atoms with van der Waals surface area (Å²) in [5.74, 6) is -0.0240. The average Bonchev–Trinajstić information content (AvgIpc) is 3.42. The number of carbonyl (C=O) groups excluding carboxylic acids is 1. The first kappa shape index (κ1) is 26.6. The first-order chi connectivity index (χ1) is 18.9. The molecule has 39 heavy (non-hydrogen) atoms. The fourth-order valence-electron chi connectivity index (χ4n) is 5.64. The van der Waals surface area contributed by atoms with Crippen molar-refractivity contribution < 1.29 is 4.79 Å². The Hall–Kier alpha value is -3.97. The van der Waals surface area contributed by atoms with Gasteiger partial charge < -0.3 is 20.1 Å². The minimum atomic E-state index is -0.131. The van der Waals surface area contributed by atoms with Gasteiger partial charge in [0.1, 0.15) is 0 Å². The number of nitrogens with zero attached hydrogens (tertiary/aromatic N) is 3. The van der Waals surface area contributed by atoms with Crippen molar-refractivity contribution in [3.05, 3.63) is 113 Å². The Kier molecular flexibility index (Phi) is 7.79. The number of anilines is 1. The van der Waals surface area contributed by atoms with E-state index in [4.69, 9.17) is 12.2 Å². The first-order valence-electron chi connectivity index (χ1n) is 13.5. The van der Waals surface area contributed by atoms with Crippen LogP contribution in [0.25, 0.3) is 5.69 Å². The lowest BCUT2D eigenvalue weighted by Crippen LogP contribution is -2.33. The van der Waals surface area contributed by atoms with Gasteiger partial charge in [0.15, 0.2) is 5.11 Å². The lowest BCUT2D eigenvalue weighted by Gasteiger charge is -2.28. The van der Waals surface area contributed by atoms with Crippen LogP contribution in [0.3, 0.4) is 0 Å². The van der Waals surface area contributed by atoms with E-state index in [-0.39, 0.29) is 18.0 Å². The Bertz CT molecular complexity index is 1500. The van der Waals surface area contributed by atoms with Gasteiger partial charge >= 0.3 is 0 Å². The van der Waals surface area contributed by atoms with Gasteiger partial charge in [-0.1, -0.05) is 49.4 Å². The number of nitrogens with one attached hydrogen (secondary N) is 2. The van der Waals surface area contributed by atoms with Crippen LogP contribution in [0.2, 0.25) is 0 Å². The van der Waals surface area contributed by atoms with Gasteiger partial charge in [-0.3, -0.25) is 9.78 Å². The molecule has 2 N–H and O–H groups in total. The molecule has 1 amide bonds. The molecule has 0 radical (unpaired) electrons. The normalized spacial score (nSPS) is 16.8. The summed E-state index contributed by atoms with van der Waals surface area (Å²) in [5.41, 5.74) is 8.80. The number of aromatic nitrogens is 2. The van der Waals surface area contributed by atoms with Crippen molar-refractivity contribution in [1.82, 2.24) is 19.8 Å². The van der Waals surface area contributed by atoms with Crippen LogP contribution < -0.4 is 10.6 Å². The van der Waals surface area contributed by atoms with Crippen LogP contribution >= 0.6 is 12.2 Å². The van der Waals surface area contributed by atoms with E-state index in [1.54, 1.807) is 0 Å². The summed E-state index contributed by atoms with van der Waals surface area (Å²) >= 11 is 5.86. The number of pyridine rings is 1. The Labute approximate surface area is 236 Å². The van der Waals surface area contributed by atoms with Crippen LogP contribution in [0.15, 0.2) is 79.0 Å². The van der Waals surface area contributed by atoms with E-state index in [0.29, 0.717) is 18.1 Å². The molecule has 1 saturated heterocycles. The van der Waals surface area contributed by atoms with E-state index < -0.39 is 0 Å². The molecule has 2 atom stereocenters. The van der Waals surface area contributed by atoms with Crippen molar-refractivity contribution in [2.75, 3.05) is 11.9 Å². The SMILES string of the molecule is CCc1ccccc1NC(=O)CCN1C(=S)NC(c2ccccn2)C1c1cc(C)n(-c2ccccc2C)c1C. The molecule has 5 rings (SSSR count). The number of hydrogen-bond acceptors (Lipinski definition) is 3. The maximum Gasteiger partial charge on any atom is 0.226 e. The van der Waals surface area contributed by atoms with Crippen LogP contribution in [0.1, 0.15) is 59.2 Å². The van der Waals surface area contributed by atoms with Gasteiger partial charge in [-0.15, -0.1) is 0 Å². The molecular weight excluding hydrogens is 502 g/mol. The predicted molar refractivity (Wildman–Crippen MR) is 161 cm³/mol. The smallest absolute Gasteiger partial charge is 0.226 e. The standard InChI is InChI=1S/C32H35N5OS/c1-5-24-13-7-8-14-26(24)34-29(38)17-19-36-31(30(35-32(36)39)27-15-10-11-18-33-27)25-20-22(3)37(23(25)4)28-16-9-6-12-21(28)2/h6-16,18,20,30-31H,5,17,19H2,1-4H3,(H,34,38)(H,35,39). The summed E-state index contributed by atoms with van der Waals surface area (Å²) in [7, 11) is 0. The highest BCUT2D eigenvalue weighted by molar-refractivity contribution is 7.80. The van der Waals surface area contributed by atoms with Crippen LogP contribution in [0.5, 0.6) is 0 Å². The van der Waals surface area contributed by atoms with Gasteiger partial charge in [0, 0.05) is 41.9 Å². The summed E-state index contributed by atoms with van der Waals surface area (Å²) in [6.45, 7) is 9.03. The molecule has 7 heteroatoms. The molecule has 0 spiro atoms. The monoisotopic (exact) mass is 537 g/mol. The zero-order valence-electron chi connectivity index (χ0n) is 22.9. The van der Waals surface area contributed by atoms with Crippen LogP contribution in [-0.2, 0) is 11.2 Å². The third kappa shape index (κ3) is 5.32. The molecule has 1 fully saturated rings. The largest absolute Gasteiger partial charge is 0.352 e. The lowest BCUT2D eigenvalue weighted by atomic mass is 9.96. The van der Waals surface area contributed by atoms with Gasteiger partial charge in [-0.05, 0) is 86.4 Å². The molecule has 0 aliphatic carbocycles.